The number of benzene rings is 1. The number of nitrogens with zero attached hydrogens (tertiary/aromatic N) is 1. The molecule has 1 aromatic rings. The van der Waals surface area contributed by atoms with Crippen molar-refractivity contribution in [3.8, 4) is 5.75 Å². The molecule has 2 nitrogen and oxygen atoms in total. The molecule has 0 N–H and O–H groups in total. The summed E-state index contributed by atoms with van der Waals surface area (Å²) in [6.07, 6.45) is 1.00. The van der Waals surface area contributed by atoms with Gasteiger partial charge >= 0.3 is 0 Å². The number of para-hydroxylation sites is 1. The van der Waals surface area contributed by atoms with Gasteiger partial charge in [-0.05, 0) is 19.9 Å². The van der Waals surface area contributed by atoms with E-state index in [1.54, 1.807) is 0 Å². The molecule has 2 heteroatoms. The van der Waals surface area contributed by atoms with Crippen molar-refractivity contribution in [3.05, 3.63) is 23.8 Å². The summed E-state index contributed by atoms with van der Waals surface area (Å²) in [4.78, 5) is 2.10. The van der Waals surface area contributed by atoms with Crippen LogP contribution in [0.4, 0.5) is 5.69 Å². The standard InChI is InChI=1S/C12H17NO/c1-12(2)8-9-6-5-7-10(13(3)4)11(9)14-12/h5-7H,8H2,1-4H3. The Morgan fingerprint density at radius 1 is 1.29 bits per heavy atom. The molecule has 0 aromatic heterocycles. The molecule has 2 rings (SSSR count). The van der Waals surface area contributed by atoms with Crippen molar-refractivity contribution in [2.75, 3.05) is 19.0 Å². The summed E-state index contributed by atoms with van der Waals surface area (Å²) >= 11 is 0. The predicted molar refractivity (Wildman–Crippen MR) is 59.2 cm³/mol. The van der Waals surface area contributed by atoms with E-state index in [-0.39, 0.29) is 5.60 Å². The minimum absolute atomic E-state index is 0.0472. The van der Waals surface area contributed by atoms with E-state index >= 15 is 0 Å². The first-order valence-corrected chi connectivity index (χ1v) is 4.98. The molecule has 1 aromatic carbocycles. The van der Waals surface area contributed by atoms with Crippen LogP contribution in [0.25, 0.3) is 0 Å². The molecule has 0 aliphatic carbocycles. The Labute approximate surface area is 85.5 Å². The number of rotatable bonds is 1. The molecule has 0 unspecified atom stereocenters. The van der Waals surface area contributed by atoms with E-state index in [1.807, 2.05) is 14.1 Å². The molecule has 76 valence electrons. The summed E-state index contributed by atoms with van der Waals surface area (Å²) in [7, 11) is 4.09. The molecular weight excluding hydrogens is 174 g/mol. The van der Waals surface area contributed by atoms with Gasteiger partial charge in [-0.2, -0.15) is 0 Å². The van der Waals surface area contributed by atoms with Gasteiger partial charge in [0.2, 0.25) is 0 Å². The molecule has 1 aliphatic heterocycles. The average molecular weight is 191 g/mol. The van der Waals surface area contributed by atoms with E-state index in [4.69, 9.17) is 4.74 Å². The largest absolute Gasteiger partial charge is 0.485 e. The fourth-order valence-corrected chi connectivity index (χ4v) is 1.95. The van der Waals surface area contributed by atoms with Gasteiger partial charge in [0.05, 0.1) is 5.69 Å². The van der Waals surface area contributed by atoms with Gasteiger partial charge < -0.3 is 9.64 Å². The lowest BCUT2D eigenvalue weighted by Crippen LogP contribution is -2.25. The van der Waals surface area contributed by atoms with Crippen LogP contribution < -0.4 is 9.64 Å². The van der Waals surface area contributed by atoms with Crippen LogP contribution >= 0.6 is 0 Å². The fraction of sp³-hybridized carbons (Fsp3) is 0.500. The first kappa shape index (κ1) is 9.38. The van der Waals surface area contributed by atoms with Crippen molar-refractivity contribution in [1.82, 2.24) is 0 Å². The maximum absolute atomic E-state index is 5.95. The van der Waals surface area contributed by atoms with Gasteiger partial charge in [0.1, 0.15) is 11.4 Å². The summed E-state index contributed by atoms with van der Waals surface area (Å²) < 4.78 is 5.95. The molecule has 0 amide bonds. The minimum atomic E-state index is -0.0472. The highest BCUT2D eigenvalue weighted by atomic mass is 16.5. The maximum Gasteiger partial charge on any atom is 0.146 e. The number of ether oxygens (including phenoxy) is 1. The fourth-order valence-electron chi connectivity index (χ4n) is 1.95. The van der Waals surface area contributed by atoms with Crippen molar-refractivity contribution >= 4 is 5.69 Å². The summed E-state index contributed by atoms with van der Waals surface area (Å²) in [6, 6.07) is 6.34. The predicted octanol–water partition coefficient (Wildman–Crippen LogP) is 2.47. The Bertz CT molecular complexity index is 355. The molecule has 0 bridgehead atoms. The van der Waals surface area contributed by atoms with E-state index in [1.165, 1.54) is 11.3 Å². The average Bonchev–Trinajstić information content (AvgIpc) is 2.36. The lowest BCUT2D eigenvalue weighted by Gasteiger charge is -2.20. The van der Waals surface area contributed by atoms with Crippen LogP contribution in [-0.4, -0.2) is 19.7 Å². The maximum atomic E-state index is 5.95. The highest BCUT2D eigenvalue weighted by Gasteiger charge is 2.31. The van der Waals surface area contributed by atoms with Crippen LogP contribution in [0.3, 0.4) is 0 Å². The zero-order valence-corrected chi connectivity index (χ0v) is 9.29. The lowest BCUT2D eigenvalue weighted by molar-refractivity contribution is 0.139. The molecule has 0 atom stereocenters. The first-order valence-electron chi connectivity index (χ1n) is 4.98. The molecule has 0 spiro atoms. The molecule has 1 heterocycles. The second-order valence-electron chi connectivity index (χ2n) is 4.70. The monoisotopic (exact) mass is 191 g/mol. The van der Waals surface area contributed by atoms with Crippen LogP contribution in [0.15, 0.2) is 18.2 Å². The second-order valence-corrected chi connectivity index (χ2v) is 4.70. The zero-order valence-electron chi connectivity index (χ0n) is 9.29. The van der Waals surface area contributed by atoms with E-state index in [9.17, 15) is 0 Å². The Kier molecular flexibility index (Phi) is 1.95. The van der Waals surface area contributed by atoms with Crippen molar-refractivity contribution in [3.63, 3.8) is 0 Å². The van der Waals surface area contributed by atoms with Crippen LogP contribution in [0.1, 0.15) is 19.4 Å². The molecule has 0 saturated carbocycles. The van der Waals surface area contributed by atoms with Crippen LogP contribution in [-0.2, 0) is 6.42 Å². The molecule has 0 saturated heterocycles. The topological polar surface area (TPSA) is 12.5 Å². The van der Waals surface area contributed by atoms with Crippen molar-refractivity contribution in [2.24, 2.45) is 0 Å². The first-order chi connectivity index (χ1) is 6.49. The van der Waals surface area contributed by atoms with E-state index < -0.39 is 0 Å². The van der Waals surface area contributed by atoms with E-state index in [0.717, 1.165) is 12.2 Å². The SMILES string of the molecule is CN(C)c1cccc2c1OC(C)(C)C2. The number of fused-ring (bicyclic) bond motifs is 1. The van der Waals surface area contributed by atoms with Gasteiger partial charge in [0.15, 0.2) is 0 Å². The zero-order chi connectivity index (χ0) is 10.3. The van der Waals surface area contributed by atoms with Gasteiger partial charge in [0.25, 0.3) is 0 Å². The third kappa shape index (κ3) is 1.45. The second kappa shape index (κ2) is 2.91. The van der Waals surface area contributed by atoms with Gasteiger partial charge in [-0.1, -0.05) is 12.1 Å². The summed E-state index contributed by atoms with van der Waals surface area (Å²) in [5.74, 6) is 1.06. The van der Waals surface area contributed by atoms with Crippen LogP contribution in [0, 0.1) is 0 Å². The molecular formula is C12H17NO. The Balaban J connectivity index is 2.46. The smallest absolute Gasteiger partial charge is 0.146 e. The summed E-state index contributed by atoms with van der Waals surface area (Å²) in [6.45, 7) is 4.26. The van der Waals surface area contributed by atoms with Gasteiger partial charge in [-0.3, -0.25) is 0 Å². The van der Waals surface area contributed by atoms with Crippen molar-refractivity contribution in [1.29, 1.82) is 0 Å². The number of hydrogen-bond donors (Lipinski definition) is 0. The lowest BCUT2D eigenvalue weighted by atomic mass is 10.0. The minimum Gasteiger partial charge on any atom is -0.485 e. The van der Waals surface area contributed by atoms with Crippen LogP contribution in [0.5, 0.6) is 5.75 Å². The Morgan fingerprint density at radius 2 is 2.00 bits per heavy atom. The summed E-state index contributed by atoms with van der Waals surface area (Å²) in [5, 5.41) is 0. The third-order valence-electron chi connectivity index (χ3n) is 2.55. The van der Waals surface area contributed by atoms with Crippen molar-refractivity contribution < 1.29 is 4.74 Å². The number of hydrogen-bond acceptors (Lipinski definition) is 2. The Hall–Kier alpha value is -1.18. The third-order valence-corrected chi connectivity index (χ3v) is 2.55. The molecule has 0 radical (unpaired) electrons. The van der Waals surface area contributed by atoms with Crippen LogP contribution in [0.2, 0.25) is 0 Å². The number of anilines is 1. The molecule has 1 aliphatic rings. The highest BCUT2D eigenvalue weighted by Crippen LogP contribution is 2.41. The van der Waals surface area contributed by atoms with E-state index in [0.29, 0.717) is 0 Å². The van der Waals surface area contributed by atoms with Gasteiger partial charge in [0, 0.05) is 26.1 Å². The van der Waals surface area contributed by atoms with Gasteiger partial charge in [-0.25, -0.2) is 0 Å². The van der Waals surface area contributed by atoms with Crippen molar-refractivity contribution in [2.45, 2.75) is 25.9 Å². The highest BCUT2D eigenvalue weighted by molar-refractivity contribution is 5.63. The van der Waals surface area contributed by atoms with E-state index in [2.05, 4.69) is 36.9 Å². The molecule has 14 heavy (non-hydrogen) atoms. The molecule has 0 fully saturated rings. The summed E-state index contributed by atoms with van der Waals surface area (Å²) in [5.41, 5.74) is 2.45. The quantitative estimate of drug-likeness (QED) is 0.676. The van der Waals surface area contributed by atoms with Gasteiger partial charge in [-0.15, -0.1) is 0 Å². The normalized spacial score (nSPS) is 17.4. The Morgan fingerprint density at radius 3 is 2.64 bits per heavy atom.